The summed E-state index contributed by atoms with van der Waals surface area (Å²) in [4.78, 5) is 19.4. The molecule has 6 nitrogen and oxygen atoms in total. The minimum atomic E-state index is -0.399. The third-order valence-corrected chi connectivity index (χ3v) is 3.38. The van der Waals surface area contributed by atoms with Crippen LogP contribution in [0.3, 0.4) is 0 Å². The topological polar surface area (TPSA) is 69.0 Å². The molecule has 0 radical (unpaired) electrons. The molecule has 0 aliphatic carbocycles. The lowest BCUT2D eigenvalue weighted by molar-refractivity contribution is 0.0595. The zero-order chi connectivity index (χ0) is 13.5. The Kier molecular flexibility index (Phi) is 4.91. The van der Waals surface area contributed by atoms with Gasteiger partial charge in [-0.05, 0) is 12.8 Å². The Labute approximate surface area is 115 Å². The van der Waals surface area contributed by atoms with Gasteiger partial charge in [0.25, 0.3) is 0 Å². The second kappa shape index (κ2) is 6.89. The van der Waals surface area contributed by atoms with E-state index >= 15 is 0 Å². The lowest BCUT2D eigenvalue weighted by atomic mass is 10.3. The Morgan fingerprint density at radius 1 is 1.53 bits per heavy atom. The SMILES string of the molecule is COC(=O)c1csc(NCCCCn2ccnc2)n1. The molecule has 2 heterocycles. The number of ether oxygens (including phenoxy) is 1. The molecule has 7 heteroatoms. The monoisotopic (exact) mass is 280 g/mol. The highest BCUT2D eigenvalue weighted by molar-refractivity contribution is 7.13. The van der Waals surface area contributed by atoms with Gasteiger partial charge in [0.2, 0.25) is 0 Å². The Morgan fingerprint density at radius 3 is 3.16 bits per heavy atom. The van der Waals surface area contributed by atoms with E-state index in [9.17, 15) is 4.79 Å². The molecule has 0 fully saturated rings. The largest absolute Gasteiger partial charge is 0.464 e. The van der Waals surface area contributed by atoms with Gasteiger partial charge in [-0.3, -0.25) is 0 Å². The summed E-state index contributed by atoms with van der Waals surface area (Å²) in [5.74, 6) is -0.399. The van der Waals surface area contributed by atoms with Crippen LogP contribution in [0.1, 0.15) is 23.3 Å². The van der Waals surface area contributed by atoms with Crippen LogP contribution in [-0.2, 0) is 11.3 Å². The molecule has 2 aromatic rings. The molecule has 0 spiro atoms. The van der Waals surface area contributed by atoms with Gasteiger partial charge in [-0.1, -0.05) is 0 Å². The van der Waals surface area contributed by atoms with E-state index in [1.54, 1.807) is 11.6 Å². The number of aryl methyl sites for hydroxylation is 1. The standard InChI is InChI=1S/C12H16N4O2S/c1-18-11(17)10-8-19-12(15-10)14-4-2-3-6-16-7-5-13-9-16/h5,7-9H,2-4,6H2,1H3,(H,14,15). The highest BCUT2D eigenvalue weighted by Gasteiger charge is 2.09. The number of thiazole rings is 1. The maximum Gasteiger partial charge on any atom is 0.357 e. The Morgan fingerprint density at radius 2 is 2.42 bits per heavy atom. The first kappa shape index (κ1) is 13.5. The third-order valence-electron chi connectivity index (χ3n) is 2.58. The van der Waals surface area contributed by atoms with Crippen molar-refractivity contribution in [2.75, 3.05) is 19.0 Å². The van der Waals surface area contributed by atoms with E-state index in [0.717, 1.165) is 31.1 Å². The van der Waals surface area contributed by atoms with Crippen molar-refractivity contribution in [1.82, 2.24) is 14.5 Å². The van der Waals surface area contributed by atoms with Crippen molar-refractivity contribution in [2.24, 2.45) is 0 Å². The van der Waals surface area contributed by atoms with Gasteiger partial charge in [-0.25, -0.2) is 14.8 Å². The summed E-state index contributed by atoms with van der Waals surface area (Å²) in [5.41, 5.74) is 0.355. The van der Waals surface area contributed by atoms with Crippen molar-refractivity contribution in [3.05, 3.63) is 29.8 Å². The molecular formula is C12H16N4O2S. The maximum absolute atomic E-state index is 11.2. The number of unbranched alkanes of at least 4 members (excludes halogenated alkanes) is 1. The third kappa shape index (κ3) is 4.06. The summed E-state index contributed by atoms with van der Waals surface area (Å²) in [6.07, 6.45) is 7.65. The molecule has 0 aliphatic heterocycles. The number of nitrogens with zero attached hydrogens (tertiary/aromatic N) is 3. The first-order valence-corrected chi connectivity index (χ1v) is 6.91. The lowest BCUT2D eigenvalue weighted by Crippen LogP contribution is -2.05. The Hall–Kier alpha value is -1.89. The number of methoxy groups -OCH3 is 1. The molecule has 0 bridgehead atoms. The van der Waals surface area contributed by atoms with E-state index < -0.39 is 5.97 Å². The van der Waals surface area contributed by atoms with Crippen LogP contribution < -0.4 is 5.32 Å². The van der Waals surface area contributed by atoms with Crippen LogP contribution in [0.4, 0.5) is 5.13 Å². The molecule has 0 saturated carbocycles. The van der Waals surface area contributed by atoms with E-state index in [1.807, 2.05) is 12.5 Å². The molecule has 0 amide bonds. The van der Waals surface area contributed by atoms with Gasteiger partial charge in [0, 0.05) is 30.9 Å². The summed E-state index contributed by atoms with van der Waals surface area (Å²) in [6.45, 7) is 1.80. The molecule has 0 atom stereocenters. The summed E-state index contributed by atoms with van der Waals surface area (Å²) >= 11 is 1.41. The van der Waals surface area contributed by atoms with Gasteiger partial charge in [-0.15, -0.1) is 11.3 Å². The minimum Gasteiger partial charge on any atom is -0.464 e. The number of carbonyl (C=O) groups excluding carboxylic acids is 1. The lowest BCUT2D eigenvalue weighted by Gasteiger charge is -2.03. The fourth-order valence-electron chi connectivity index (χ4n) is 1.59. The summed E-state index contributed by atoms with van der Waals surface area (Å²) in [7, 11) is 1.35. The van der Waals surface area contributed by atoms with Crippen LogP contribution in [0.15, 0.2) is 24.1 Å². The smallest absolute Gasteiger partial charge is 0.357 e. The predicted octanol–water partition coefficient (Wildman–Crippen LogP) is 2.02. The fourth-order valence-corrected chi connectivity index (χ4v) is 2.30. The van der Waals surface area contributed by atoms with Gasteiger partial charge in [0.1, 0.15) is 0 Å². The number of aromatic nitrogens is 3. The van der Waals surface area contributed by atoms with Crippen LogP contribution in [0, 0.1) is 0 Å². The predicted molar refractivity (Wildman–Crippen MR) is 73.4 cm³/mol. The van der Waals surface area contributed by atoms with Gasteiger partial charge < -0.3 is 14.6 Å². The second-order valence-corrected chi connectivity index (χ2v) is 4.82. The number of hydrogen-bond donors (Lipinski definition) is 1. The molecular weight excluding hydrogens is 264 g/mol. The molecule has 1 N–H and O–H groups in total. The van der Waals surface area contributed by atoms with Gasteiger partial charge in [0.05, 0.1) is 13.4 Å². The summed E-state index contributed by atoms with van der Waals surface area (Å²) in [5, 5.41) is 5.65. The van der Waals surface area contributed by atoms with E-state index in [1.165, 1.54) is 18.4 Å². The number of carbonyl (C=O) groups is 1. The number of imidazole rings is 1. The first-order valence-electron chi connectivity index (χ1n) is 6.03. The van der Waals surface area contributed by atoms with Gasteiger partial charge in [-0.2, -0.15) is 0 Å². The van der Waals surface area contributed by atoms with E-state index in [0.29, 0.717) is 5.69 Å². The fraction of sp³-hybridized carbons (Fsp3) is 0.417. The zero-order valence-corrected chi connectivity index (χ0v) is 11.5. The van der Waals surface area contributed by atoms with Crippen molar-refractivity contribution in [1.29, 1.82) is 0 Å². The van der Waals surface area contributed by atoms with Gasteiger partial charge in [0.15, 0.2) is 10.8 Å². The molecule has 2 rings (SSSR count). The number of hydrogen-bond acceptors (Lipinski definition) is 6. The normalized spacial score (nSPS) is 10.4. The Balaban J connectivity index is 1.65. The van der Waals surface area contributed by atoms with E-state index in [-0.39, 0.29) is 0 Å². The van der Waals surface area contributed by atoms with Crippen molar-refractivity contribution < 1.29 is 9.53 Å². The highest BCUT2D eigenvalue weighted by Crippen LogP contribution is 2.15. The molecule has 0 unspecified atom stereocenters. The second-order valence-electron chi connectivity index (χ2n) is 3.96. The molecule has 102 valence electrons. The summed E-state index contributed by atoms with van der Waals surface area (Å²) < 4.78 is 6.66. The number of nitrogens with one attached hydrogen (secondary N) is 1. The maximum atomic E-state index is 11.2. The molecule has 19 heavy (non-hydrogen) atoms. The van der Waals surface area contributed by atoms with Crippen LogP contribution >= 0.6 is 11.3 Å². The number of anilines is 1. The van der Waals surface area contributed by atoms with Gasteiger partial charge >= 0.3 is 5.97 Å². The van der Waals surface area contributed by atoms with Crippen molar-refractivity contribution in [3.63, 3.8) is 0 Å². The minimum absolute atomic E-state index is 0.355. The zero-order valence-electron chi connectivity index (χ0n) is 10.7. The summed E-state index contributed by atoms with van der Waals surface area (Å²) in [6, 6.07) is 0. The van der Waals surface area contributed by atoms with Crippen LogP contribution in [0.25, 0.3) is 0 Å². The average molecular weight is 280 g/mol. The number of esters is 1. The van der Waals surface area contributed by atoms with E-state index in [4.69, 9.17) is 0 Å². The van der Waals surface area contributed by atoms with Crippen molar-refractivity contribution >= 4 is 22.4 Å². The van der Waals surface area contributed by atoms with Crippen LogP contribution in [0.2, 0.25) is 0 Å². The van der Waals surface area contributed by atoms with Crippen molar-refractivity contribution in [2.45, 2.75) is 19.4 Å². The molecule has 0 saturated heterocycles. The molecule has 2 aromatic heterocycles. The Bertz CT molecular complexity index is 510. The quantitative estimate of drug-likeness (QED) is 0.620. The average Bonchev–Trinajstić information content (AvgIpc) is 3.08. The van der Waals surface area contributed by atoms with E-state index in [2.05, 4.69) is 24.6 Å². The number of rotatable bonds is 7. The molecule has 0 aromatic carbocycles. The molecule has 0 aliphatic rings. The van der Waals surface area contributed by atoms with Crippen LogP contribution in [0.5, 0.6) is 0 Å². The first-order chi connectivity index (χ1) is 9.29. The van der Waals surface area contributed by atoms with Crippen molar-refractivity contribution in [3.8, 4) is 0 Å². The van der Waals surface area contributed by atoms with Crippen LogP contribution in [-0.4, -0.2) is 34.2 Å². The highest BCUT2D eigenvalue weighted by atomic mass is 32.1.